The van der Waals surface area contributed by atoms with Gasteiger partial charge in [-0.15, -0.1) is 0 Å². The molecule has 0 saturated carbocycles. The number of ether oxygens (including phenoxy) is 3. The SMILES string of the molecule is Cc1ccc(C23OC(=N)C(C#N)(C2C)C(C#N)(C#N)C(c2cccc(OCc4ccccc4)c2)O3)cc1. The van der Waals surface area contributed by atoms with Crippen LogP contribution in [0.4, 0.5) is 0 Å². The van der Waals surface area contributed by atoms with E-state index in [-0.39, 0.29) is 0 Å². The molecule has 2 aliphatic rings. The molecule has 0 radical (unpaired) electrons. The van der Waals surface area contributed by atoms with E-state index < -0.39 is 34.5 Å². The normalized spacial score (nSPS) is 27.3. The van der Waals surface area contributed by atoms with E-state index in [1.54, 1.807) is 31.2 Å². The van der Waals surface area contributed by atoms with Gasteiger partial charge in [-0.1, -0.05) is 79.2 Å². The number of hydrogen-bond donors (Lipinski definition) is 1. The number of nitrogens with zero attached hydrogens (tertiary/aromatic N) is 3. The first kappa shape index (κ1) is 24.1. The largest absolute Gasteiger partial charge is 0.489 e. The minimum atomic E-state index is -2.04. The molecular formula is C30H24N4O3. The van der Waals surface area contributed by atoms with Crippen molar-refractivity contribution < 1.29 is 14.2 Å². The first-order valence-corrected chi connectivity index (χ1v) is 11.9. The molecule has 4 atom stereocenters. The summed E-state index contributed by atoms with van der Waals surface area (Å²) in [6.07, 6.45) is -1.19. The molecule has 2 saturated heterocycles. The van der Waals surface area contributed by atoms with Gasteiger partial charge in [0.15, 0.2) is 5.41 Å². The van der Waals surface area contributed by atoms with Crippen LogP contribution in [0.25, 0.3) is 0 Å². The van der Waals surface area contributed by atoms with E-state index in [1.807, 2.05) is 61.5 Å². The highest BCUT2D eigenvalue weighted by molar-refractivity contribution is 5.89. The Kier molecular flexibility index (Phi) is 5.72. The minimum Gasteiger partial charge on any atom is -0.489 e. The first-order valence-electron chi connectivity index (χ1n) is 11.9. The molecule has 3 aromatic rings. The van der Waals surface area contributed by atoms with Crippen LogP contribution < -0.4 is 4.74 Å². The topological polar surface area (TPSA) is 123 Å². The van der Waals surface area contributed by atoms with Crippen molar-refractivity contribution in [2.24, 2.45) is 16.7 Å². The summed E-state index contributed by atoms with van der Waals surface area (Å²) in [7, 11) is 0. The van der Waals surface area contributed by atoms with Crippen molar-refractivity contribution in [3.05, 3.63) is 101 Å². The van der Waals surface area contributed by atoms with Gasteiger partial charge in [0.2, 0.25) is 17.1 Å². The van der Waals surface area contributed by atoms with E-state index in [0.717, 1.165) is 11.1 Å². The first-order chi connectivity index (χ1) is 17.9. The molecule has 182 valence electrons. The fourth-order valence-corrected chi connectivity index (χ4v) is 5.46. The van der Waals surface area contributed by atoms with Crippen LogP contribution in [0.1, 0.15) is 35.3 Å². The van der Waals surface area contributed by atoms with Crippen molar-refractivity contribution in [2.75, 3.05) is 0 Å². The molecule has 0 amide bonds. The predicted molar refractivity (Wildman–Crippen MR) is 134 cm³/mol. The summed E-state index contributed by atoms with van der Waals surface area (Å²) in [5, 5.41) is 40.1. The molecule has 7 heteroatoms. The number of rotatable bonds is 5. The predicted octanol–water partition coefficient (Wildman–Crippen LogP) is 5.69. The standard InChI is InChI=1S/C30H24N4O3/c1-20-11-13-24(14-12-20)30-21(2)29(19-33,27(34)37-30)28(17-31,18-32)26(36-30)23-9-6-10-25(15-23)35-16-22-7-4-3-5-8-22/h3-15,21,26,34H,16H2,1-2H3. The second-order valence-electron chi connectivity index (χ2n) is 9.48. The van der Waals surface area contributed by atoms with Crippen LogP contribution >= 0.6 is 0 Å². The zero-order chi connectivity index (χ0) is 26.3. The molecule has 2 fully saturated rings. The van der Waals surface area contributed by atoms with Gasteiger partial charge in [-0.25, -0.2) is 0 Å². The van der Waals surface area contributed by atoms with Crippen LogP contribution in [0.15, 0.2) is 78.9 Å². The maximum absolute atomic E-state index is 10.5. The molecule has 2 bridgehead atoms. The average molecular weight is 489 g/mol. The lowest BCUT2D eigenvalue weighted by Gasteiger charge is -2.48. The number of nitriles is 3. The lowest BCUT2D eigenvalue weighted by Crippen LogP contribution is -2.57. The van der Waals surface area contributed by atoms with Gasteiger partial charge in [0, 0.05) is 5.56 Å². The Morgan fingerprint density at radius 3 is 2.27 bits per heavy atom. The molecule has 5 rings (SSSR count). The van der Waals surface area contributed by atoms with E-state index in [1.165, 1.54) is 0 Å². The van der Waals surface area contributed by atoms with Gasteiger partial charge in [0.05, 0.1) is 24.1 Å². The van der Waals surface area contributed by atoms with E-state index in [9.17, 15) is 15.8 Å². The van der Waals surface area contributed by atoms with Gasteiger partial charge < -0.3 is 14.2 Å². The molecule has 2 heterocycles. The van der Waals surface area contributed by atoms with Gasteiger partial charge in [0.25, 0.3) is 0 Å². The molecule has 0 aromatic heterocycles. The third kappa shape index (κ3) is 3.31. The molecule has 2 aliphatic heterocycles. The van der Waals surface area contributed by atoms with E-state index in [4.69, 9.17) is 19.6 Å². The molecule has 4 unspecified atom stereocenters. The summed E-state index contributed by atoms with van der Waals surface area (Å²) in [6.45, 7) is 3.98. The molecule has 1 N–H and O–H groups in total. The van der Waals surface area contributed by atoms with Crippen molar-refractivity contribution in [1.29, 1.82) is 21.2 Å². The van der Waals surface area contributed by atoms with Crippen molar-refractivity contribution in [2.45, 2.75) is 32.3 Å². The molecule has 7 nitrogen and oxygen atoms in total. The lowest BCUT2D eigenvalue weighted by atomic mass is 9.53. The van der Waals surface area contributed by atoms with E-state index >= 15 is 0 Å². The Balaban J connectivity index is 1.63. The third-order valence-electron chi connectivity index (χ3n) is 7.53. The minimum absolute atomic E-state index is 0.331. The van der Waals surface area contributed by atoms with Crippen molar-refractivity contribution in [3.8, 4) is 24.0 Å². The lowest BCUT2D eigenvalue weighted by molar-refractivity contribution is -0.288. The van der Waals surface area contributed by atoms with Crippen molar-refractivity contribution in [3.63, 3.8) is 0 Å². The number of aryl methyl sites for hydroxylation is 1. The Morgan fingerprint density at radius 2 is 1.62 bits per heavy atom. The summed E-state index contributed by atoms with van der Waals surface area (Å²) < 4.78 is 18.6. The fraction of sp³-hybridized carbons (Fsp3) is 0.267. The smallest absolute Gasteiger partial charge is 0.244 e. The van der Waals surface area contributed by atoms with Gasteiger partial charge in [-0.05, 0) is 30.2 Å². The van der Waals surface area contributed by atoms with Crippen LogP contribution in [0.3, 0.4) is 0 Å². The molecular weight excluding hydrogens is 464 g/mol. The van der Waals surface area contributed by atoms with Gasteiger partial charge >= 0.3 is 0 Å². The quantitative estimate of drug-likeness (QED) is 0.492. The maximum Gasteiger partial charge on any atom is 0.244 e. The zero-order valence-electron chi connectivity index (χ0n) is 20.4. The van der Waals surface area contributed by atoms with Crippen LogP contribution in [0.5, 0.6) is 5.75 Å². The fourth-order valence-electron chi connectivity index (χ4n) is 5.46. The molecule has 37 heavy (non-hydrogen) atoms. The van der Waals surface area contributed by atoms with Crippen LogP contribution in [-0.4, -0.2) is 5.90 Å². The molecule has 0 spiro atoms. The third-order valence-corrected chi connectivity index (χ3v) is 7.53. The summed E-state index contributed by atoms with van der Waals surface area (Å²) in [5.41, 5.74) is -0.799. The summed E-state index contributed by atoms with van der Waals surface area (Å²) in [4.78, 5) is 0. The van der Waals surface area contributed by atoms with Crippen LogP contribution in [0.2, 0.25) is 0 Å². The average Bonchev–Trinajstić information content (AvgIpc) is 3.09. The van der Waals surface area contributed by atoms with E-state index in [0.29, 0.717) is 23.5 Å². The zero-order valence-corrected chi connectivity index (χ0v) is 20.4. The second kappa shape index (κ2) is 8.79. The van der Waals surface area contributed by atoms with Gasteiger partial charge in [0.1, 0.15) is 18.5 Å². The van der Waals surface area contributed by atoms with Gasteiger partial charge in [-0.2, -0.15) is 15.8 Å². The summed E-state index contributed by atoms with van der Waals surface area (Å²) in [5.74, 6) is -2.26. The molecule has 3 aromatic carbocycles. The highest BCUT2D eigenvalue weighted by Crippen LogP contribution is 2.69. The van der Waals surface area contributed by atoms with Crippen LogP contribution in [0, 0.1) is 63.1 Å². The number of fused-ring (bicyclic) bond motifs is 2. The maximum atomic E-state index is 10.5. The summed E-state index contributed by atoms with van der Waals surface area (Å²) >= 11 is 0. The Hall–Kier alpha value is -4.64. The number of hydrogen-bond acceptors (Lipinski definition) is 7. The van der Waals surface area contributed by atoms with Gasteiger partial charge in [-0.3, -0.25) is 5.41 Å². The second-order valence-corrected chi connectivity index (χ2v) is 9.48. The highest BCUT2D eigenvalue weighted by Gasteiger charge is 2.79. The summed E-state index contributed by atoms with van der Waals surface area (Å²) in [6, 6.07) is 30.4. The highest BCUT2D eigenvalue weighted by atomic mass is 16.7. The monoisotopic (exact) mass is 488 g/mol. The molecule has 0 aliphatic carbocycles. The Labute approximate surface area is 215 Å². The Morgan fingerprint density at radius 1 is 0.919 bits per heavy atom. The van der Waals surface area contributed by atoms with E-state index in [2.05, 4.69) is 18.2 Å². The Bertz CT molecular complexity index is 1470. The number of nitrogens with one attached hydrogen (secondary N) is 1. The van der Waals surface area contributed by atoms with Crippen molar-refractivity contribution >= 4 is 5.90 Å². The van der Waals surface area contributed by atoms with Crippen LogP contribution in [-0.2, 0) is 21.9 Å². The number of benzene rings is 3. The van der Waals surface area contributed by atoms with Crippen molar-refractivity contribution in [1.82, 2.24) is 0 Å².